The molecule has 0 amide bonds. The Bertz CT molecular complexity index is 541. The molecule has 1 nitrogen and oxygen atoms in total. The van der Waals surface area contributed by atoms with Gasteiger partial charge in [-0.1, -0.05) is 64.0 Å². The number of hydrogen-bond donors (Lipinski definition) is 0. The third-order valence-electron chi connectivity index (χ3n) is 8.98. The van der Waals surface area contributed by atoms with Gasteiger partial charge in [0.05, 0.1) is 0 Å². The summed E-state index contributed by atoms with van der Waals surface area (Å²) in [7, 11) is 0. The van der Waals surface area contributed by atoms with Crippen LogP contribution in [0.2, 0.25) is 0 Å². The highest BCUT2D eigenvalue weighted by molar-refractivity contribution is 5.87. The van der Waals surface area contributed by atoms with Crippen molar-refractivity contribution in [1.82, 2.24) is 0 Å². The first-order valence-electron chi connectivity index (χ1n) is 11.3. The molecule has 0 N–H and O–H groups in total. The first-order valence-corrected chi connectivity index (χ1v) is 11.3. The topological polar surface area (TPSA) is 17.1 Å². The van der Waals surface area contributed by atoms with E-state index >= 15 is 0 Å². The number of carbonyl (C=O) groups is 1. The van der Waals surface area contributed by atoms with Crippen LogP contribution in [-0.2, 0) is 4.79 Å². The average Bonchev–Trinajstić information content (AvgIpc) is 3.27. The predicted molar refractivity (Wildman–Crippen MR) is 112 cm³/mol. The number of ketones is 1. The standard InChI is InChI=1S/C19H28O.C5H10.ClH/c1-18-11-4-3-5-13(18)6-7-14-15-8-9-17(20)19(15,2)12-10-16(14)18;1-2-4-5-3-1;/h6,14-16H,3-5,7-12H2,1-2H3;1-5H2;1H/t14-,15-,16-,18-,19-;;/m0../s1. The third kappa shape index (κ3) is 3.31. The molecule has 0 unspecified atom stereocenters. The van der Waals surface area contributed by atoms with E-state index in [-0.39, 0.29) is 17.8 Å². The number of Topliss-reactive ketones (excluding diaryl/α,β-unsaturated/α-hetero) is 1. The minimum Gasteiger partial charge on any atom is -0.299 e. The molecule has 0 bridgehead atoms. The normalized spacial score (nSPS) is 43.8. The summed E-state index contributed by atoms with van der Waals surface area (Å²) in [6.07, 6.45) is 21.4. The Morgan fingerprint density at radius 3 is 2.15 bits per heavy atom. The quantitative estimate of drug-likeness (QED) is 0.404. The van der Waals surface area contributed by atoms with Crippen molar-refractivity contribution < 1.29 is 4.79 Å². The molecule has 5 atom stereocenters. The summed E-state index contributed by atoms with van der Waals surface area (Å²) >= 11 is 0. The fourth-order valence-electron chi connectivity index (χ4n) is 7.35. The van der Waals surface area contributed by atoms with Crippen molar-refractivity contribution in [2.24, 2.45) is 28.6 Å². The fraction of sp³-hybridized carbons (Fsp3) is 0.875. The molecular formula is C24H39ClO. The fourth-order valence-corrected chi connectivity index (χ4v) is 7.35. The van der Waals surface area contributed by atoms with Crippen LogP contribution in [-0.4, -0.2) is 5.78 Å². The Hall–Kier alpha value is -0.300. The third-order valence-corrected chi connectivity index (χ3v) is 8.98. The largest absolute Gasteiger partial charge is 0.299 e. The summed E-state index contributed by atoms with van der Waals surface area (Å²) < 4.78 is 0. The zero-order valence-corrected chi connectivity index (χ0v) is 17.8. The van der Waals surface area contributed by atoms with E-state index in [1.807, 2.05) is 0 Å². The molecule has 5 aliphatic carbocycles. The van der Waals surface area contributed by atoms with Crippen molar-refractivity contribution in [2.45, 2.75) is 104 Å². The summed E-state index contributed by atoms with van der Waals surface area (Å²) in [6, 6.07) is 0. The second kappa shape index (κ2) is 7.98. The molecule has 0 aromatic carbocycles. The summed E-state index contributed by atoms with van der Waals surface area (Å²) in [5.41, 5.74) is 2.30. The molecule has 0 saturated heterocycles. The minimum absolute atomic E-state index is 0. The van der Waals surface area contributed by atoms with Gasteiger partial charge in [0.25, 0.3) is 0 Å². The van der Waals surface area contributed by atoms with Gasteiger partial charge in [-0.3, -0.25) is 4.79 Å². The molecule has 0 radical (unpaired) electrons. The Kier molecular flexibility index (Phi) is 6.27. The van der Waals surface area contributed by atoms with Crippen molar-refractivity contribution in [3.63, 3.8) is 0 Å². The highest BCUT2D eigenvalue weighted by atomic mass is 35.5. The number of carbonyl (C=O) groups excluding carboxylic acids is 1. The lowest BCUT2D eigenvalue weighted by molar-refractivity contribution is -0.131. The van der Waals surface area contributed by atoms with Gasteiger partial charge in [0, 0.05) is 11.8 Å². The summed E-state index contributed by atoms with van der Waals surface area (Å²) in [5, 5.41) is 0. The van der Waals surface area contributed by atoms with Gasteiger partial charge in [0.15, 0.2) is 0 Å². The minimum atomic E-state index is 0. The van der Waals surface area contributed by atoms with Crippen LogP contribution in [0.5, 0.6) is 0 Å². The van der Waals surface area contributed by atoms with E-state index in [0.29, 0.717) is 17.1 Å². The summed E-state index contributed by atoms with van der Waals surface area (Å²) in [4.78, 5) is 12.4. The van der Waals surface area contributed by atoms with Gasteiger partial charge >= 0.3 is 0 Å². The first-order chi connectivity index (χ1) is 12.1. The van der Waals surface area contributed by atoms with Crippen LogP contribution in [0.15, 0.2) is 11.6 Å². The molecule has 0 aromatic rings. The number of fused-ring (bicyclic) bond motifs is 5. The van der Waals surface area contributed by atoms with Crippen LogP contribution in [0.1, 0.15) is 104 Å². The summed E-state index contributed by atoms with van der Waals surface area (Å²) in [5.74, 6) is 2.92. The SMILES string of the molecule is C1CCCC1.C[C@]12CCCCC1=CC[C@@H]1[C@@H]2CC[C@]2(C)C(=O)CC[C@@H]12.Cl. The Labute approximate surface area is 167 Å². The van der Waals surface area contributed by atoms with Gasteiger partial charge in [0.1, 0.15) is 5.78 Å². The van der Waals surface area contributed by atoms with Crippen LogP contribution in [0, 0.1) is 28.6 Å². The number of halogens is 1. The van der Waals surface area contributed by atoms with E-state index in [4.69, 9.17) is 0 Å². The zero-order chi connectivity index (χ0) is 17.5. The molecule has 2 heteroatoms. The Morgan fingerprint density at radius 1 is 0.808 bits per heavy atom. The molecule has 5 aliphatic rings. The van der Waals surface area contributed by atoms with Crippen molar-refractivity contribution >= 4 is 18.2 Å². The van der Waals surface area contributed by atoms with Crippen LogP contribution >= 0.6 is 12.4 Å². The van der Waals surface area contributed by atoms with Crippen LogP contribution in [0.4, 0.5) is 0 Å². The highest BCUT2D eigenvalue weighted by Gasteiger charge is 2.58. The van der Waals surface area contributed by atoms with Crippen molar-refractivity contribution in [2.75, 3.05) is 0 Å². The van der Waals surface area contributed by atoms with Crippen LogP contribution in [0.3, 0.4) is 0 Å². The maximum Gasteiger partial charge on any atom is 0.139 e. The zero-order valence-electron chi connectivity index (χ0n) is 17.0. The Morgan fingerprint density at radius 2 is 1.46 bits per heavy atom. The first kappa shape index (κ1) is 20.4. The van der Waals surface area contributed by atoms with Crippen molar-refractivity contribution in [3.05, 3.63) is 11.6 Å². The smallest absolute Gasteiger partial charge is 0.139 e. The van der Waals surface area contributed by atoms with E-state index in [9.17, 15) is 4.79 Å². The molecule has 0 heterocycles. The number of rotatable bonds is 0. The van der Waals surface area contributed by atoms with Crippen molar-refractivity contribution in [1.29, 1.82) is 0 Å². The second-order valence-corrected chi connectivity index (χ2v) is 10.2. The number of hydrogen-bond acceptors (Lipinski definition) is 1. The predicted octanol–water partition coefficient (Wildman–Crippen LogP) is 7.28. The molecule has 4 fully saturated rings. The second-order valence-electron chi connectivity index (χ2n) is 10.2. The van der Waals surface area contributed by atoms with E-state index in [2.05, 4.69) is 19.9 Å². The Balaban J connectivity index is 0.000000285. The number of allylic oxidation sites excluding steroid dienone is 2. The van der Waals surface area contributed by atoms with Gasteiger partial charge in [-0.25, -0.2) is 0 Å². The van der Waals surface area contributed by atoms with Gasteiger partial charge < -0.3 is 0 Å². The molecule has 4 saturated carbocycles. The molecule has 0 aliphatic heterocycles. The molecule has 148 valence electrons. The molecule has 5 rings (SSSR count). The van der Waals surface area contributed by atoms with Gasteiger partial charge in [-0.15, -0.1) is 12.4 Å². The molecule has 0 aromatic heterocycles. The monoisotopic (exact) mass is 378 g/mol. The molecule has 0 spiro atoms. The van der Waals surface area contributed by atoms with Gasteiger partial charge in [0.2, 0.25) is 0 Å². The molecule has 26 heavy (non-hydrogen) atoms. The lowest BCUT2D eigenvalue weighted by atomic mass is 9.48. The summed E-state index contributed by atoms with van der Waals surface area (Å²) in [6.45, 7) is 4.83. The maximum atomic E-state index is 12.4. The van der Waals surface area contributed by atoms with E-state index < -0.39 is 0 Å². The van der Waals surface area contributed by atoms with E-state index in [1.54, 1.807) is 5.57 Å². The average molecular weight is 379 g/mol. The highest BCUT2D eigenvalue weighted by Crippen LogP contribution is 2.63. The lowest BCUT2D eigenvalue weighted by Gasteiger charge is -2.56. The van der Waals surface area contributed by atoms with Crippen molar-refractivity contribution in [3.8, 4) is 0 Å². The van der Waals surface area contributed by atoms with Crippen LogP contribution in [0.25, 0.3) is 0 Å². The van der Waals surface area contributed by atoms with Gasteiger partial charge in [-0.05, 0) is 68.1 Å². The molecular weight excluding hydrogens is 340 g/mol. The van der Waals surface area contributed by atoms with E-state index in [0.717, 1.165) is 18.3 Å². The lowest BCUT2D eigenvalue weighted by Crippen LogP contribution is -2.49. The maximum absolute atomic E-state index is 12.4. The van der Waals surface area contributed by atoms with Crippen LogP contribution < -0.4 is 0 Å². The van der Waals surface area contributed by atoms with E-state index in [1.165, 1.54) is 83.5 Å². The van der Waals surface area contributed by atoms with Gasteiger partial charge in [-0.2, -0.15) is 0 Å².